The second-order valence-electron chi connectivity index (χ2n) is 4.39. The van der Waals surface area contributed by atoms with Crippen LogP contribution in [0, 0.1) is 11.6 Å². The number of carbonyl (C=O) groups excluding carboxylic acids is 1. The highest BCUT2D eigenvalue weighted by Gasteiger charge is 2.20. The number of carbonyl (C=O) groups is 1. The van der Waals surface area contributed by atoms with Gasteiger partial charge >= 0.3 is 0 Å². The third-order valence-electron chi connectivity index (χ3n) is 3.08. The lowest BCUT2D eigenvalue weighted by atomic mass is 10.1. The zero-order chi connectivity index (χ0) is 14.9. The topological polar surface area (TPSA) is 34.9 Å². The number of ketones is 1. The van der Waals surface area contributed by atoms with Crippen LogP contribution in [0.25, 0.3) is 0 Å². The summed E-state index contributed by atoms with van der Waals surface area (Å²) in [5.41, 5.74) is 1.24. The van der Waals surface area contributed by atoms with Crippen LogP contribution in [0.1, 0.15) is 28.7 Å². The van der Waals surface area contributed by atoms with Gasteiger partial charge in [-0.05, 0) is 34.5 Å². The first-order valence-corrected chi connectivity index (χ1v) is 6.92. The van der Waals surface area contributed by atoms with Gasteiger partial charge in [-0.3, -0.25) is 9.48 Å². The summed E-state index contributed by atoms with van der Waals surface area (Å²) in [6, 6.07) is 3.59. The Kier molecular flexibility index (Phi) is 4.32. The Labute approximate surface area is 123 Å². The SMILES string of the molecule is CCc1nn(C)c(CC(=O)c2cccc(F)c2F)c1Br. The number of hydrogen-bond donors (Lipinski definition) is 0. The lowest BCUT2D eigenvalue weighted by Gasteiger charge is -2.04. The molecule has 0 spiro atoms. The number of aryl methyl sites for hydroxylation is 2. The molecular formula is C14H13BrF2N2O. The zero-order valence-electron chi connectivity index (χ0n) is 11.1. The zero-order valence-corrected chi connectivity index (χ0v) is 12.7. The fourth-order valence-electron chi connectivity index (χ4n) is 1.98. The van der Waals surface area contributed by atoms with E-state index in [4.69, 9.17) is 0 Å². The van der Waals surface area contributed by atoms with Crippen LogP contribution in [0.3, 0.4) is 0 Å². The van der Waals surface area contributed by atoms with E-state index in [1.807, 2.05) is 6.92 Å². The molecule has 0 unspecified atom stereocenters. The van der Waals surface area contributed by atoms with Crippen LogP contribution in [0.15, 0.2) is 22.7 Å². The van der Waals surface area contributed by atoms with E-state index < -0.39 is 17.4 Å². The normalized spacial score (nSPS) is 10.8. The molecule has 3 nitrogen and oxygen atoms in total. The maximum atomic E-state index is 13.6. The second kappa shape index (κ2) is 5.83. The summed E-state index contributed by atoms with van der Waals surface area (Å²) < 4.78 is 29.1. The molecular weight excluding hydrogens is 330 g/mol. The van der Waals surface area contributed by atoms with Gasteiger partial charge in [0, 0.05) is 7.05 Å². The molecule has 1 aromatic carbocycles. The van der Waals surface area contributed by atoms with E-state index >= 15 is 0 Å². The first-order valence-electron chi connectivity index (χ1n) is 6.13. The van der Waals surface area contributed by atoms with Crippen LogP contribution in [-0.2, 0) is 19.9 Å². The molecule has 0 aliphatic heterocycles. The van der Waals surface area contributed by atoms with E-state index in [0.29, 0.717) is 5.69 Å². The fourth-order valence-corrected chi connectivity index (χ4v) is 2.73. The van der Waals surface area contributed by atoms with Gasteiger partial charge in [0.2, 0.25) is 0 Å². The fraction of sp³-hybridized carbons (Fsp3) is 0.286. The van der Waals surface area contributed by atoms with Crippen LogP contribution < -0.4 is 0 Å². The standard InChI is InChI=1S/C14H13BrF2N2O/c1-3-10-13(15)11(19(2)18-10)7-12(20)8-5-4-6-9(16)14(8)17/h4-6H,3,7H2,1-2H3. The predicted octanol–water partition coefficient (Wildman–Crippen LogP) is 3.45. The Bertz CT molecular complexity index is 667. The molecule has 1 heterocycles. The summed E-state index contributed by atoms with van der Waals surface area (Å²) in [5, 5.41) is 4.27. The van der Waals surface area contributed by atoms with Crippen molar-refractivity contribution in [2.45, 2.75) is 19.8 Å². The van der Waals surface area contributed by atoms with Crippen LogP contribution in [0.2, 0.25) is 0 Å². The van der Waals surface area contributed by atoms with Crippen LogP contribution in [0.5, 0.6) is 0 Å². The lowest BCUT2D eigenvalue weighted by Crippen LogP contribution is -2.11. The van der Waals surface area contributed by atoms with Crippen molar-refractivity contribution in [3.05, 3.63) is 51.3 Å². The van der Waals surface area contributed by atoms with Crippen LogP contribution in [-0.4, -0.2) is 15.6 Å². The largest absolute Gasteiger partial charge is 0.294 e. The Morgan fingerprint density at radius 2 is 2.10 bits per heavy atom. The van der Waals surface area contributed by atoms with Crippen molar-refractivity contribution in [2.75, 3.05) is 0 Å². The van der Waals surface area contributed by atoms with Gasteiger partial charge in [-0.2, -0.15) is 5.10 Å². The molecule has 0 fully saturated rings. The highest BCUT2D eigenvalue weighted by molar-refractivity contribution is 9.10. The molecule has 0 bridgehead atoms. The smallest absolute Gasteiger partial charge is 0.171 e. The highest BCUT2D eigenvalue weighted by Crippen LogP contribution is 2.23. The summed E-state index contributed by atoms with van der Waals surface area (Å²) in [5.74, 6) is -2.60. The molecule has 2 rings (SSSR count). The molecule has 6 heteroatoms. The second-order valence-corrected chi connectivity index (χ2v) is 5.18. The van der Waals surface area contributed by atoms with Crippen LogP contribution >= 0.6 is 15.9 Å². The average molecular weight is 343 g/mol. The third-order valence-corrected chi connectivity index (χ3v) is 4.00. The molecule has 20 heavy (non-hydrogen) atoms. The number of halogens is 3. The summed E-state index contributed by atoms with van der Waals surface area (Å²) in [4.78, 5) is 12.1. The van der Waals surface area contributed by atoms with Crippen molar-refractivity contribution < 1.29 is 13.6 Å². The summed E-state index contributed by atoms with van der Waals surface area (Å²) in [7, 11) is 1.72. The Hall–Kier alpha value is -1.56. The minimum atomic E-state index is -1.11. The summed E-state index contributed by atoms with van der Waals surface area (Å²) in [6.45, 7) is 1.95. The molecule has 0 N–H and O–H groups in total. The molecule has 0 amide bonds. The molecule has 106 valence electrons. The van der Waals surface area contributed by atoms with E-state index in [1.54, 1.807) is 11.7 Å². The van der Waals surface area contributed by atoms with E-state index in [9.17, 15) is 13.6 Å². The van der Waals surface area contributed by atoms with Crippen molar-refractivity contribution in [2.24, 2.45) is 7.05 Å². The van der Waals surface area contributed by atoms with Crippen molar-refractivity contribution in [1.29, 1.82) is 0 Å². The maximum absolute atomic E-state index is 13.6. The minimum absolute atomic E-state index is 0.0372. The molecule has 0 aliphatic rings. The minimum Gasteiger partial charge on any atom is -0.294 e. The van der Waals surface area contributed by atoms with E-state index in [1.165, 1.54) is 12.1 Å². The Morgan fingerprint density at radius 1 is 1.40 bits per heavy atom. The van der Waals surface area contributed by atoms with E-state index in [2.05, 4.69) is 21.0 Å². The van der Waals surface area contributed by atoms with Crippen molar-refractivity contribution in [1.82, 2.24) is 9.78 Å². The summed E-state index contributed by atoms with van der Waals surface area (Å²) in [6.07, 6.45) is 0.682. The number of benzene rings is 1. The van der Waals surface area contributed by atoms with Gasteiger partial charge in [0.1, 0.15) is 0 Å². The van der Waals surface area contributed by atoms with Gasteiger partial charge in [0.15, 0.2) is 17.4 Å². The predicted molar refractivity (Wildman–Crippen MR) is 74.7 cm³/mol. The lowest BCUT2D eigenvalue weighted by molar-refractivity contribution is 0.0985. The average Bonchev–Trinajstić information content (AvgIpc) is 2.69. The molecule has 0 saturated carbocycles. The number of rotatable bonds is 4. The van der Waals surface area contributed by atoms with E-state index in [-0.39, 0.29) is 12.0 Å². The van der Waals surface area contributed by atoms with E-state index in [0.717, 1.165) is 22.7 Å². The monoisotopic (exact) mass is 342 g/mol. The van der Waals surface area contributed by atoms with Gasteiger partial charge in [-0.15, -0.1) is 0 Å². The highest BCUT2D eigenvalue weighted by atomic mass is 79.9. The Morgan fingerprint density at radius 3 is 2.70 bits per heavy atom. The molecule has 0 aliphatic carbocycles. The Balaban J connectivity index is 2.33. The molecule has 0 saturated heterocycles. The number of nitrogens with zero attached hydrogens (tertiary/aromatic N) is 2. The molecule has 0 atom stereocenters. The van der Waals surface area contributed by atoms with Gasteiger partial charge in [0.05, 0.1) is 27.8 Å². The van der Waals surface area contributed by atoms with Gasteiger partial charge in [-0.1, -0.05) is 13.0 Å². The molecule has 2 aromatic rings. The first kappa shape index (κ1) is 14.8. The van der Waals surface area contributed by atoms with Gasteiger partial charge in [0.25, 0.3) is 0 Å². The number of hydrogen-bond acceptors (Lipinski definition) is 2. The third kappa shape index (κ3) is 2.65. The molecule has 0 radical (unpaired) electrons. The number of Topliss-reactive ketones (excluding diaryl/α,β-unsaturated/α-hetero) is 1. The number of aromatic nitrogens is 2. The van der Waals surface area contributed by atoms with Gasteiger partial charge in [-0.25, -0.2) is 8.78 Å². The maximum Gasteiger partial charge on any atom is 0.171 e. The van der Waals surface area contributed by atoms with Gasteiger partial charge < -0.3 is 0 Å². The quantitative estimate of drug-likeness (QED) is 0.797. The molecule has 1 aromatic heterocycles. The van der Waals surface area contributed by atoms with Crippen molar-refractivity contribution in [3.63, 3.8) is 0 Å². The first-order chi connectivity index (χ1) is 9.45. The summed E-state index contributed by atoms with van der Waals surface area (Å²) >= 11 is 3.39. The van der Waals surface area contributed by atoms with Crippen LogP contribution in [0.4, 0.5) is 8.78 Å². The van der Waals surface area contributed by atoms with Crippen molar-refractivity contribution in [3.8, 4) is 0 Å². The van der Waals surface area contributed by atoms with Crippen molar-refractivity contribution >= 4 is 21.7 Å².